The Balaban J connectivity index is 2.63. The summed E-state index contributed by atoms with van der Waals surface area (Å²) in [7, 11) is -1.53. The first-order valence-electron chi connectivity index (χ1n) is 12.5. The fraction of sp³-hybridized carbons (Fsp3) is 0.654. The summed E-state index contributed by atoms with van der Waals surface area (Å²) in [6, 6.07) is 10.6. The average molecular weight is 550 g/mol. The summed E-state index contributed by atoms with van der Waals surface area (Å²) in [5.41, 5.74) is 3.82. The van der Waals surface area contributed by atoms with E-state index in [1.807, 2.05) is 0 Å². The van der Waals surface area contributed by atoms with Crippen molar-refractivity contribution in [2.75, 3.05) is 6.61 Å². The summed E-state index contributed by atoms with van der Waals surface area (Å²) in [5.74, 6) is 0. The van der Waals surface area contributed by atoms with Crippen LogP contribution in [0.15, 0.2) is 39.7 Å². The Labute approximate surface area is 196 Å². The van der Waals surface area contributed by atoms with Crippen molar-refractivity contribution in [3.8, 4) is 0 Å². The van der Waals surface area contributed by atoms with Gasteiger partial charge < -0.3 is 0 Å². The number of benzene rings is 1. The summed E-state index contributed by atoms with van der Waals surface area (Å²) >= 11 is -2.84. The van der Waals surface area contributed by atoms with E-state index in [0.29, 0.717) is 6.61 Å². The van der Waals surface area contributed by atoms with Crippen molar-refractivity contribution in [1.82, 2.24) is 4.90 Å². The van der Waals surface area contributed by atoms with Crippen LogP contribution in [0.5, 0.6) is 0 Å². The van der Waals surface area contributed by atoms with E-state index in [-0.39, 0.29) is 12.1 Å². The molecule has 1 aliphatic rings. The van der Waals surface area contributed by atoms with Crippen molar-refractivity contribution in [2.24, 2.45) is 0 Å². The molecule has 1 aromatic carbocycles. The van der Waals surface area contributed by atoms with Crippen molar-refractivity contribution >= 4 is 32.5 Å². The molecule has 5 heteroatoms. The van der Waals surface area contributed by atoms with Gasteiger partial charge in [-0.05, 0) is 0 Å². The standard InChI is InChI=1S/C14H18NO2Si.3C4H9.Sn/c1-18(2,3)10-9-15-13(11-17-14(15)16)12-7-5-4-6-8-12;3*1-3-4-2;/h4-8,10,13H,11H2,1-3H3;3*1,3-4H2,2H3;. The van der Waals surface area contributed by atoms with Crippen molar-refractivity contribution in [2.45, 2.75) is 98.3 Å². The van der Waals surface area contributed by atoms with E-state index >= 15 is 0 Å². The first-order valence-corrected chi connectivity index (χ1v) is 23.6. The second-order valence-electron chi connectivity index (χ2n) is 10.4. The Kier molecular flexibility index (Phi) is 10.7. The van der Waals surface area contributed by atoms with Gasteiger partial charge in [0.05, 0.1) is 0 Å². The van der Waals surface area contributed by atoms with Crippen LogP contribution in [0.3, 0.4) is 0 Å². The van der Waals surface area contributed by atoms with Gasteiger partial charge in [-0.25, -0.2) is 0 Å². The van der Waals surface area contributed by atoms with E-state index in [2.05, 4.69) is 81.3 Å². The zero-order valence-electron chi connectivity index (χ0n) is 20.9. The Morgan fingerprint density at radius 2 is 1.52 bits per heavy atom. The van der Waals surface area contributed by atoms with Gasteiger partial charge in [-0.2, -0.15) is 0 Å². The fourth-order valence-electron chi connectivity index (χ4n) is 4.80. The number of hydrogen-bond acceptors (Lipinski definition) is 2. The van der Waals surface area contributed by atoms with Gasteiger partial charge in [0, 0.05) is 0 Å². The van der Waals surface area contributed by atoms with E-state index in [9.17, 15) is 4.79 Å². The predicted molar refractivity (Wildman–Crippen MR) is 139 cm³/mol. The summed E-state index contributed by atoms with van der Waals surface area (Å²) < 4.78 is 11.3. The van der Waals surface area contributed by atoms with E-state index in [0.717, 1.165) is 0 Å². The van der Waals surface area contributed by atoms with Gasteiger partial charge in [0.15, 0.2) is 0 Å². The molecule has 1 unspecified atom stereocenters. The summed E-state index contributed by atoms with van der Waals surface area (Å²) in [4.78, 5) is 15.4. The van der Waals surface area contributed by atoms with Gasteiger partial charge in [-0.1, -0.05) is 0 Å². The number of cyclic esters (lactones) is 1. The van der Waals surface area contributed by atoms with Crippen molar-refractivity contribution in [3.63, 3.8) is 0 Å². The SMILES string of the molecule is CCC[CH2][Sn]([CH2]CCC)([CH2]CCC)/[C](=C\[Si](C)(C)C)N1C(=O)OCC1c1ccccc1. The maximum absolute atomic E-state index is 13.3. The molecule has 3 nitrogen and oxygen atoms in total. The zero-order valence-corrected chi connectivity index (χ0v) is 24.7. The van der Waals surface area contributed by atoms with E-state index in [1.165, 1.54) is 61.1 Å². The number of rotatable bonds is 13. The number of ether oxygens (including phenoxy) is 1. The summed E-state index contributed by atoms with van der Waals surface area (Å²) in [6.07, 6.45) is 7.50. The number of amides is 1. The Bertz CT molecular complexity index is 692. The third-order valence-electron chi connectivity index (χ3n) is 6.46. The Morgan fingerprint density at radius 1 is 1.00 bits per heavy atom. The molecule has 1 fully saturated rings. The molecule has 0 aromatic heterocycles. The zero-order chi connectivity index (χ0) is 22.9. The first-order chi connectivity index (χ1) is 14.8. The van der Waals surface area contributed by atoms with Gasteiger partial charge in [0.1, 0.15) is 0 Å². The number of nitrogens with zero attached hydrogens (tertiary/aromatic N) is 1. The third kappa shape index (κ3) is 7.38. The predicted octanol–water partition coefficient (Wildman–Crippen LogP) is 8.33. The molecular formula is C26H45NO2SiSn. The second kappa shape index (κ2) is 12.5. The van der Waals surface area contributed by atoms with Crippen LogP contribution in [0.2, 0.25) is 33.0 Å². The molecule has 1 atom stereocenters. The van der Waals surface area contributed by atoms with Crippen LogP contribution in [0.1, 0.15) is 70.9 Å². The van der Waals surface area contributed by atoms with Crippen molar-refractivity contribution < 1.29 is 9.53 Å². The van der Waals surface area contributed by atoms with Crippen LogP contribution < -0.4 is 0 Å². The normalized spacial score (nSPS) is 17.9. The van der Waals surface area contributed by atoms with Crippen molar-refractivity contribution in [1.29, 1.82) is 0 Å². The molecule has 174 valence electrons. The molecule has 1 aliphatic heterocycles. The molecule has 0 N–H and O–H groups in total. The molecule has 0 bridgehead atoms. The number of carbonyl (C=O) groups excluding carboxylic acids is 1. The number of unbranched alkanes of at least 4 members (excludes halogenated alkanes) is 3. The van der Waals surface area contributed by atoms with E-state index in [4.69, 9.17) is 4.74 Å². The maximum atomic E-state index is 13.3. The molecule has 1 amide bonds. The van der Waals surface area contributed by atoms with Gasteiger partial charge in [-0.3, -0.25) is 0 Å². The second-order valence-corrected chi connectivity index (χ2v) is 28.4. The molecule has 0 saturated carbocycles. The quantitative estimate of drug-likeness (QED) is 0.231. The molecule has 1 saturated heterocycles. The van der Waals surface area contributed by atoms with Crippen LogP contribution in [-0.4, -0.2) is 44.1 Å². The average Bonchev–Trinajstić information content (AvgIpc) is 3.13. The molecule has 2 rings (SSSR count). The molecule has 31 heavy (non-hydrogen) atoms. The third-order valence-corrected chi connectivity index (χ3v) is 23.8. The topological polar surface area (TPSA) is 29.5 Å². The van der Waals surface area contributed by atoms with Crippen LogP contribution in [-0.2, 0) is 4.74 Å². The minimum absolute atomic E-state index is 0.0252. The molecule has 1 aromatic rings. The Morgan fingerprint density at radius 3 is 1.97 bits per heavy atom. The molecular weight excluding hydrogens is 505 g/mol. The van der Waals surface area contributed by atoms with Crippen LogP contribution in [0.4, 0.5) is 4.79 Å². The van der Waals surface area contributed by atoms with Crippen LogP contribution >= 0.6 is 0 Å². The number of carbonyl (C=O) groups is 1. The summed E-state index contributed by atoms with van der Waals surface area (Å²) in [6.45, 7) is 14.7. The van der Waals surface area contributed by atoms with E-state index in [1.54, 1.807) is 0 Å². The van der Waals surface area contributed by atoms with Gasteiger partial charge >= 0.3 is 197 Å². The van der Waals surface area contributed by atoms with Crippen LogP contribution in [0.25, 0.3) is 0 Å². The molecule has 0 aliphatic carbocycles. The monoisotopic (exact) mass is 551 g/mol. The van der Waals surface area contributed by atoms with E-state index < -0.39 is 26.5 Å². The first kappa shape index (κ1) is 26.5. The fourth-order valence-corrected chi connectivity index (χ4v) is 27.7. The van der Waals surface area contributed by atoms with Gasteiger partial charge in [0.25, 0.3) is 0 Å². The van der Waals surface area contributed by atoms with Gasteiger partial charge in [-0.15, -0.1) is 0 Å². The van der Waals surface area contributed by atoms with Crippen molar-refractivity contribution in [3.05, 3.63) is 45.3 Å². The Hall–Kier alpha value is -0.754. The molecule has 1 heterocycles. The minimum atomic E-state index is -2.84. The number of hydrogen-bond donors (Lipinski definition) is 0. The van der Waals surface area contributed by atoms with Crippen LogP contribution in [0, 0.1) is 0 Å². The molecule has 0 spiro atoms. The van der Waals surface area contributed by atoms with Gasteiger partial charge in [0.2, 0.25) is 0 Å². The molecule has 0 radical (unpaired) electrons. The summed E-state index contributed by atoms with van der Waals surface area (Å²) in [5, 5.41) is 0.